The van der Waals surface area contributed by atoms with Crippen molar-refractivity contribution >= 4 is 39.1 Å². The highest BCUT2D eigenvalue weighted by Gasteiger charge is 2.14. The number of fused-ring (bicyclic) bond motifs is 1. The van der Waals surface area contributed by atoms with E-state index in [1.807, 2.05) is 61.5 Å². The monoisotopic (exact) mass is 333 g/mol. The molecule has 1 N–H and O–H groups in total. The number of aromatic amines is 1. The third-order valence-electron chi connectivity index (χ3n) is 3.40. The number of para-hydroxylation sites is 2. The molecule has 0 radical (unpaired) electrons. The summed E-state index contributed by atoms with van der Waals surface area (Å²) in [5.74, 6) is 0.393. The van der Waals surface area contributed by atoms with Crippen LogP contribution in [0.2, 0.25) is 5.02 Å². The summed E-state index contributed by atoms with van der Waals surface area (Å²) in [5.41, 5.74) is 3.68. The molecule has 4 nitrogen and oxygen atoms in total. The number of rotatable bonds is 4. The lowest BCUT2D eigenvalue weighted by Gasteiger charge is -2.17. The Morgan fingerprint density at radius 2 is 2.00 bits per heavy atom. The Bertz CT molecular complexity index is 811. The van der Waals surface area contributed by atoms with E-state index in [0.717, 1.165) is 22.3 Å². The van der Waals surface area contributed by atoms with Crippen LogP contribution in [0.5, 0.6) is 0 Å². The molecule has 2 aromatic carbocycles. The Morgan fingerprint density at radius 1 is 1.23 bits per heavy atom. The summed E-state index contributed by atoms with van der Waals surface area (Å²) in [4.78, 5) is 9.50. The van der Waals surface area contributed by atoms with Gasteiger partial charge < -0.3 is 9.88 Å². The van der Waals surface area contributed by atoms with Gasteiger partial charge >= 0.3 is 0 Å². The quantitative estimate of drug-likeness (QED) is 0.793. The van der Waals surface area contributed by atoms with E-state index in [9.17, 15) is 4.21 Å². The standard InChI is InChI=1S/C16H16ClN3OS/c1-20(2)15-9-12(17)8-7-11(15)10-22(21)16-18-13-5-3-4-6-14(13)19-16/h3-9H,10H2,1-2H3,(H,18,19). The number of anilines is 1. The summed E-state index contributed by atoms with van der Waals surface area (Å²) < 4.78 is 12.6. The summed E-state index contributed by atoms with van der Waals surface area (Å²) in [5, 5.41) is 1.17. The van der Waals surface area contributed by atoms with Gasteiger partial charge in [-0.1, -0.05) is 29.8 Å². The maximum absolute atomic E-state index is 12.6. The van der Waals surface area contributed by atoms with Gasteiger partial charge in [0, 0.05) is 24.8 Å². The van der Waals surface area contributed by atoms with Crippen molar-refractivity contribution < 1.29 is 4.21 Å². The first kappa shape index (κ1) is 15.1. The Balaban J connectivity index is 1.91. The van der Waals surface area contributed by atoms with Crippen LogP contribution in [0.15, 0.2) is 47.6 Å². The molecule has 0 fully saturated rings. The highest BCUT2D eigenvalue weighted by Crippen LogP contribution is 2.26. The SMILES string of the molecule is CN(C)c1cc(Cl)ccc1CS(=O)c1nc2ccccc2[nH]1. The van der Waals surface area contributed by atoms with Gasteiger partial charge in [0.15, 0.2) is 5.16 Å². The molecular weight excluding hydrogens is 318 g/mol. The molecule has 0 aliphatic rings. The molecule has 3 rings (SSSR count). The van der Waals surface area contributed by atoms with Gasteiger partial charge in [-0.2, -0.15) is 0 Å². The van der Waals surface area contributed by atoms with Gasteiger partial charge in [-0.3, -0.25) is 4.21 Å². The normalized spacial score (nSPS) is 12.5. The van der Waals surface area contributed by atoms with E-state index < -0.39 is 10.8 Å². The van der Waals surface area contributed by atoms with Gasteiger partial charge in [-0.15, -0.1) is 0 Å². The molecule has 1 heterocycles. The first-order chi connectivity index (χ1) is 10.5. The summed E-state index contributed by atoms with van der Waals surface area (Å²) in [6.45, 7) is 0. The van der Waals surface area contributed by atoms with E-state index in [1.165, 1.54) is 0 Å². The van der Waals surface area contributed by atoms with Crippen molar-refractivity contribution in [2.45, 2.75) is 10.9 Å². The number of halogens is 1. The van der Waals surface area contributed by atoms with E-state index in [-0.39, 0.29) is 0 Å². The third-order valence-corrected chi connectivity index (χ3v) is 4.83. The van der Waals surface area contributed by atoms with Gasteiger partial charge in [0.05, 0.1) is 27.6 Å². The summed E-state index contributed by atoms with van der Waals surface area (Å²) in [6, 6.07) is 13.3. The first-order valence-corrected chi connectivity index (χ1v) is 8.53. The lowest BCUT2D eigenvalue weighted by molar-refractivity contribution is 0.677. The lowest BCUT2D eigenvalue weighted by Crippen LogP contribution is -2.12. The van der Waals surface area contributed by atoms with E-state index >= 15 is 0 Å². The smallest absolute Gasteiger partial charge is 0.197 e. The summed E-state index contributed by atoms with van der Waals surface area (Å²) in [6.07, 6.45) is 0. The molecule has 6 heteroatoms. The van der Waals surface area contributed by atoms with E-state index in [2.05, 4.69) is 9.97 Å². The van der Waals surface area contributed by atoms with Crippen LogP contribution >= 0.6 is 11.6 Å². The molecular formula is C16H16ClN3OS. The van der Waals surface area contributed by atoms with E-state index in [1.54, 1.807) is 0 Å². The molecule has 114 valence electrons. The van der Waals surface area contributed by atoms with Gasteiger partial charge in [0.1, 0.15) is 0 Å². The molecule has 1 unspecified atom stereocenters. The molecule has 0 bridgehead atoms. The molecule has 3 aromatic rings. The van der Waals surface area contributed by atoms with E-state index in [0.29, 0.717) is 15.9 Å². The maximum Gasteiger partial charge on any atom is 0.197 e. The van der Waals surface area contributed by atoms with Gasteiger partial charge in [-0.25, -0.2) is 4.98 Å². The average molecular weight is 334 g/mol. The zero-order chi connectivity index (χ0) is 15.7. The number of nitrogens with zero attached hydrogens (tertiary/aromatic N) is 2. The molecule has 0 saturated carbocycles. The highest BCUT2D eigenvalue weighted by molar-refractivity contribution is 7.84. The molecule has 0 aliphatic carbocycles. The molecule has 0 aliphatic heterocycles. The van der Waals surface area contributed by atoms with Crippen LogP contribution in [0.3, 0.4) is 0 Å². The largest absolute Gasteiger partial charge is 0.377 e. The number of hydrogen-bond acceptors (Lipinski definition) is 3. The second-order valence-electron chi connectivity index (χ2n) is 5.22. The number of benzene rings is 2. The number of H-pyrrole nitrogens is 1. The molecule has 0 spiro atoms. The molecule has 1 atom stereocenters. The Morgan fingerprint density at radius 3 is 2.73 bits per heavy atom. The van der Waals surface area contributed by atoms with Crippen LogP contribution in [-0.4, -0.2) is 28.3 Å². The Kier molecular flexibility index (Phi) is 4.18. The molecule has 22 heavy (non-hydrogen) atoms. The van der Waals surface area contributed by atoms with Crippen molar-refractivity contribution in [1.82, 2.24) is 9.97 Å². The number of hydrogen-bond donors (Lipinski definition) is 1. The number of imidazole rings is 1. The third kappa shape index (κ3) is 3.00. The zero-order valence-electron chi connectivity index (χ0n) is 12.3. The Hall–Kier alpha value is -1.85. The highest BCUT2D eigenvalue weighted by atomic mass is 35.5. The second kappa shape index (κ2) is 6.10. The zero-order valence-corrected chi connectivity index (χ0v) is 13.9. The minimum absolute atomic E-state index is 0.393. The summed E-state index contributed by atoms with van der Waals surface area (Å²) in [7, 11) is 2.65. The molecule has 0 saturated heterocycles. The fourth-order valence-corrected chi connectivity index (χ4v) is 3.58. The average Bonchev–Trinajstić information content (AvgIpc) is 2.93. The first-order valence-electron chi connectivity index (χ1n) is 6.83. The Labute approximate surface area is 136 Å². The van der Waals surface area contributed by atoms with Crippen molar-refractivity contribution in [2.75, 3.05) is 19.0 Å². The number of nitrogens with one attached hydrogen (secondary N) is 1. The van der Waals surface area contributed by atoms with Gasteiger partial charge in [0.25, 0.3) is 0 Å². The van der Waals surface area contributed by atoms with Crippen LogP contribution in [-0.2, 0) is 16.6 Å². The van der Waals surface area contributed by atoms with Gasteiger partial charge in [0.2, 0.25) is 0 Å². The van der Waals surface area contributed by atoms with E-state index in [4.69, 9.17) is 11.6 Å². The number of aromatic nitrogens is 2. The van der Waals surface area contributed by atoms with Crippen molar-refractivity contribution in [3.05, 3.63) is 53.1 Å². The van der Waals surface area contributed by atoms with Crippen LogP contribution < -0.4 is 4.90 Å². The van der Waals surface area contributed by atoms with Crippen LogP contribution in [0.25, 0.3) is 11.0 Å². The second-order valence-corrected chi connectivity index (χ2v) is 7.02. The molecule has 1 aromatic heterocycles. The lowest BCUT2D eigenvalue weighted by atomic mass is 10.2. The topological polar surface area (TPSA) is 49.0 Å². The maximum atomic E-state index is 12.6. The van der Waals surface area contributed by atoms with Crippen LogP contribution in [0.1, 0.15) is 5.56 Å². The van der Waals surface area contributed by atoms with Crippen molar-refractivity contribution in [3.63, 3.8) is 0 Å². The summed E-state index contributed by atoms with van der Waals surface area (Å²) >= 11 is 6.05. The van der Waals surface area contributed by atoms with Crippen molar-refractivity contribution in [3.8, 4) is 0 Å². The van der Waals surface area contributed by atoms with Crippen molar-refractivity contribution in [1.29, 1.82) is 0 Å². The molecule has 0 amide bonds. The van der Waals surface area contributed by atoms with Crippen molar-refractivity contribution in [2.24, 2.45) is 0 Å². The fourth-order valence-electron chi connectivity index (χ4n) is 2.32. The predicted molar refractivity (Wildman–Crippen MR) is 92.0 cm³/mol. The van der Waals surface area contributed by atoms with Crippen LogP contribution in [0.4, 0.5) is 5.69 Å². The van der Waals surface area contributed by atoms with Crippen LogP contribution in [0, 0.1) is 0 Å². The fraction of sp³-hybridized carbons (Fsp3) is 0.188. The minimum Gasteiger partial charge on any atom is -0.377 e. The minimum atomic E-state index is -1.24. The predicted octanol–water partition coefficient (Wildman–Crippen LogP) is 3.59. The van der Waals surface area contributed by atoms with Gasteiger partial charge in [-0.05, 0) is 29.8 Å².